The van der Waals surface area contributed by atoms with Gasteiger partial charge in [0.1, 0.15) is 16.2 Å². The van der Waals surface area contributed by atoms with Crippen molar-refractivity contribution in [2.75, 3.05) is 7.11 Å². The van der Waals surface area contributed by atoms with Gasteiger partial charge in [-0.3, -0.25) is 4.79 Å². The standard InChI is InChI=1S/C26H27NO3S/c1-16-18(10-5-8-14-23(28)29-2)24(21-15-17-9-3-6-12-20(17)30-21)25-19-11-4-7-13-22(19)31-26(25)27-16/h3,6,9,12,15H,4-5,7-8,10-11,13-14H2,1-2H3. The fourth-order valence-electron chi connectivity index (χ4n) is 4.80. The van der Waals surface area contributed by atoms with Gasteiger partial charge in [0, 0.05) is 33.3 Å². The van der Waals surface area contributed by atoms with Gasteiger partial charge < -0.3 is 9.15 Å². The molecule has 0 unspecified atom stereocenters. The quantitative estimate of drug-likeness (QED) is 0.248. The minimum atomic E-state index is -0.144. The van der Waals surface area contributed by atoms with Crippen LogP contribution in [0, 0.1) is 6.92 Å². The predicted octanol–water partition coefficient (Wildman–Crippen LogP) is 6.78. The number of rotatable bonds is 6. The number of carbonyl (C=O) groups excluding carboxylic acids is 1. The van der Waals surface area contributed by atoms with Crippen LogP contribution in [0.1, 0.15) is 53.8 Å². The third-order valence-corrected chi connectivity index (χ3v) is 7.55. The lowest BCUT2D eigenvalue weighted by Crippen LogP contribution is -2.03. The van der Waals surface area contributed by atoms with E-state index in [2.05, 4.69) is 25.1 Å². The second-order valence-corrected chi connectivity index (χ2v) is 9.46. The van der Waals surface area contributed by atoms with Gasteiger partial charge in [0.25, 0.3) is 0 Å². The third kappa shape index (κ3) is 3.76. The first-order valence-electron chi connectivity index (χ1n) is 11.1. The summed E-state index contributed by atoms with van der Waals surface area (Å²) in [6.45, 7) is 2.11. The summed E-state index contributed by atoms with van der Waals surface area (Å²) in [7, 11) is 1.45. The molecule has 5 heteroatoms. The largest absolute Gasteiger partial charge is 0.469 e. The van der Waals surface area contributed by atoms with Crippen molar-refractivity contribution in [3.05, 3.63) is 52.0 Å². The van der Waals surface area contributed by atoms with Crippen molar-refractivity contribution in [1.29, 1.82) is 0 Å². The van der Waals surface area contributed by atoms with Gasteiger partial charge in [0.05, 0.1) is 7.11 Å². The van der Waals surface area contributed by atoms with Crippen molar-refractivity contribution in [1.82, 2.24) is 4.98 Å². The lowest BCUT2D eigenvalue weighted by Gasteiger charge is -2.15. The van der Waals surface area contributed by atoms with Gasteiger partial charge in [-0.05, 0) is 75.1 Å². The van der Waals surface area contributed by atoms with Crippen LogP contribution in [0.25, 0.3) is 32.5 Å². The number of unbranched alkanes of at least 4 members (excludes halogenated alkanes) is 1. The number of aryl methyl sites for hydroxylation is 3. The van der Waals surface area contributed by atoms with Crippen LogP contribution >= 0.6 is 11.3 Å². The van der Waals surface area contributed by atoms with Crippen LogP contribution in [-0.4, -0.2) is 18.1 Å². The SMILES string of the molecule is COC(=O)CCCCc1c(C)nc2sc3c(c2c1-c1cc2ccccc2o1)CCCC3. The average molecular weight is 434 g/mol. The molecule has 3 aromatic heterocycles. The number of nitrogens with zero attached hydrogens (tertiary/aromatic N) is 1. The molecule has 0 aliphatic heterocycles. The Bertz CT molecular complexity index is 1230. The van der Waals surface area contributed by atoms with Crippen molar-refractivity contribution in [2.24, 2.45) is 0 Å². The summed E-state index contributed by atoms with van der Waals surface area (Å²) in [5.41, 5.74) is 5.93. The van der Waals surface area contributed by atoms with Crippen molar-refractivity contribution < 1.29 is 13.9 Å². The summed E-state index contributed by atoms with van der Waals surface area (Å²) in [5.74, 6) is 0.792. The van der Waals surface area contributed by atoms with E-state index in [0.29, 0.717) is 6.42 Å². The molecule has 0 saturated carbocycles. The molecule has 0 N–H and O–H groups in total. The Morgan fingerprint density at radius 2 is 2.03 bits per heavy atom. The first-order chi connectivity index (χ1) is 15.2. The molecule has 4 aromatic rings. The van der Waals surface area contributed by atoms with Crippen molar-refractivity contribution >= 4 is 38.5 Å². The zero-order valence-corrected chi connectivity index (χ0v) is 18.9. The van der Waals surface area contributed by atoms with Gasteiger partial charge in [0.15, 0.2) is 0 Å². The van der Waals surface area contributed by atoms with Gasteiger partial charge in [-0.2, -0.15) is 0 Å². The maximum absolute atomic E-state index is 11.5. The Labute approximate surface area is 186 Å². The highest BCUT2D eigenvalue weighted by molar-refractivity contribution is 7.19. The molecule has 4 nitrogen and oxygen atoms in total. The number of ether oxygens (including phenoxy) is 1. The maximum atomic E-state index is 11.5. The number of hydrogen-bond acceptors (Lipinski definition) is 5. The molecule has 1 aliphatic rings. The lowest BCUT2D eigenvalue weighted by atomic mass is 9.90. The summed E-state index contributed by atoms with van der Waals surface area (Å²) < 4.78 is 11.2. The van der Waals surface area contributed by atoms with Gasteiger partial charge in [0.2, 0.25) is 0 Å². The molecule has 0 radical (unpaired) electrons. The second kappa shape index (κ2) is 8.46. The van der Waals surface area contributed by atoms with Crippen LogP contribution in [0.15, 0.2) is 34.7 Å². The fourth-order valence-corrected chi connectivity index (χ4v) is 6.11. The molecule has 0 atom stereocenters. The maximum Gasteiger partial charge on any atom is 0.305 e. The number of para-hydroxylation sites is 1. The van der Waals surface area contributed by atoms with Crippen LogP contribution in [0.3, 0.4) is 0 Å². The molecule has 31 heavy (non-hydrogen) atoms. The minimum absolute atomic E-state index is 0.144. The molecule has 0 saturated heterocycles. The minimum Gasteiger partial charge on any atom is -0.469 e. The molecule has 1 aromatic carbocycles. The van der Waals surface area contributed by atoms with E-state index in [9.17, 15) is 4.79 Å². The number of fused-ring (bicyclic) bond motifs is 4. The summed E-state index contributed by atoms with van der Waals surface area (Å²) in [6.07, 6.45) is 7.84. The van der Waals surface area contributed by atoms with E-state index < -0.39 is 0 Å². The van der Waals surface area contributed by atoms with Crippen LogP contribution < -0.4 is 0 Å². The number of pyridine rings is 1. The van der Waals surface area contributed by atoms with E-state index in [0.717, 1.165) is 59.4 Å². The molecule has 0 bridgehead atoms. The normalized spacial score (nSPS) is 13.6. The summed E-state index contributed by atoms with van der Waals surface area (Å²) in [5, 5.41) is 2.42. The zero-order valence-electron chi connectivity index (χ0n) is 18.1. The van der Waals surface area contributed by atoms with Crippen LogP contribution in [0.4, 0.5) is 0 Å². The van der Waals surface area contributed by atoms with E-state index in [4.69, 9.17) is 14.1 Å². The first kappa shape index (κ1) is 20.3. The third-order valence-electron chi connectivity index (χ3n) is 6.37. The molecule has 0 fully saturated rings. The smallest absolute Gasteiger partial charge is 0.305 e. The monoisotopic (exact) mass is 433 g/mol. The molecule has 0 amide bonds. The van der Waals surface area contributed by atoms with Crippen LogP contribution in [0.2, 0.25) is 0 Å². The van der Waals surface area contributed by atoms with E-state index in [1.165, 1.54) is 46.9 Å². The van der Waals surface area contributed by atoms with Gasteiger partial charge in [-0.1, -0.05) is 18.2 Å². The number of methoxy groups -OCH3 is 1. The summed E-state index contributed by atoms with van der Waals surface area (Å²) >= 11 is 1.86. The number of furan rings is 1. The Morgan fingerprint density at radius 3 is 2.87 bits per heavy atom. The first-order valence-corrected chi connectivity index (χ1v) is 12.0. The molecular weight excluding hydrogens is 406 g/mol. The number of thiophene rings is 1. The molecular formula is C26H27NO3S. The number of carbonyl (C=O) groups is 1. The van der Waals surface area contributed by atoms with Crippen LogP contribution in [0.5, 0.6) is 0 Å². The topological polar surface area (TPSA) is 52.3 Å². The molecule has 3 heterocycles. The number of hydrogen-bond donors (Lipinski definition) is 0. The number of aromatic nitrogens is 1. The Hall–Kier alpha value is -2.66. The van der Waals surface area contributed by atoms with Gasteiger partial charge in [-0.25, -0.2) is 4.98 Å². The average Bonchev–Trinajstić information content (AvgIpc) is 3.37. The van der Waals surface area contributed by atoms with E-state index >= 15 is 0 Å². The van der Waals surface area contributed by atoms with Crippen molar-refractivity contribution in [2.45, 2.75) is 58.3 Å². The second-order valence-electron chi connectivity index (χ2n) is 8.37. The highest BCUT2D eigenvalue weighted by atomic mass is 32.1. The number of esters is 1. The lowest BCUT2D eigenvalue weighted by molar-refractivity contribution is -0.140. The van der Waals surface area contributed by atoms with E-state index in [1.807, 2.05) is 23.5 Å². The zero-order chi connectivity index (χ0) is 21.4. The predicted molar refractivity (Wildman–Crippen MR) is 126 cm³/mol. The Balaban J connectivity index is 1.65. The fraction of sp³-hybridized carbons (Fsp3) is 0.385. The van der Waals surface area contributed by atoms with Gasteiger partial charge >= 0.3 is 5.97 Å². The Morgan fingerprint density at radius 1 is 1.19 bits per heavy atom. The highest BCUT2D eigenvalue weighted by Gasteiger charge is 2.25. The molecule has 0 spiro atoms. The Kier molecular flexibility index (Phi) is 5.53. The van der Waals surface area contributed by atoms with Gasteiger partial charge in [-0.15, -0.1) is 11.3 Å². The van der Waals surface area contributed by atoms with Crippen molar-refractivity contribution in [3.63, 3.8) is 0 Å². The van der Waals surface area contributed by atoms with Crippen LogP contribution in [-0.2, 0) is 28.8 Å². The number of benzene rings is 1. The van der Waals surface area contributed by atoms with Crippen molar-refractivity contribution in [3.8, 4) is 11.3 Å². The van der Waals surface area contributed by atoms with E-state index in [1.54, 1.807) is 0 Å². The molecule has 160 valence electrons. The molecule has 5 rings (SSSR count). The summed E-state index contributed by atoms with van der Waals surface area (Å²) in [4.78, 5) is 19.2. The molecule has 1 aliphatic carbocycles. The summed E-state index contributed by atoms with van der Waals surface area (Å²) in [6, 6.07) is 10.4. The highest BCUT2D eigenvalue weighted by Crippen LogP contribution is 2.44. The van der Waals surface area contributed by atoms with E-state index in [-0.39, 0.29) is 5.97 Å².